The first-order valence-electron chi connectivity index (χ1n) is 5.20. The molecule has 2 rings (SSSR count). The summed E-state index contributed by atoms with van der Waals surface area (Å²) in [6.45, 7) is 5.42. The van der Waals surface area contributed by atoms with Gasteiger partial charge in [-0.05, 0) is 24.1 Å². The predicted molar refractivity (Wildman–Crippen MR) is 60.7 cm³/mol. The van der Waals surface area contributed by atoms with Crippen molar-refractivity contribution in [2.45, 2.75) is 25.8 Å². The van der Waals surface area contributed by atoms with Gasteiger partial charge in [-0.3, -0.25) is 0 Å². The normalized spacial score (nSPS) is 22.3. The van der Waals surface area contributed by atoms with Crippen LogP contribution in [0.2, 0.25) is 0 Å². The molecule has 0 saturated heterocycles. The van der Waals surface area contributed by atoms with E-state index in [0.717, 1.165) is 6.54 Å². The molecule has 0 radical (unpaired) electrons. The van der Waals surface area contributed by atoms with E-state index >= 15 is 0 Å². The van der Waals surface area contributed by atoms with Crippen LogP contribution < -0.4 is 10.6 Å². The van der Waals surface area contributed by atoms with E-state index in [0.29, 0.717) is 5.92 Å². The number of rotatable bonds is 1. The summed E-state index contributed by atoms with van der Waals surface area (Å²) < 4.78 is 0. The Morgan fingerprint density at radius 3 is 2.86 bits per heavy atom. The topological polar surface area (TPSA) is 29.3 Å². The molecule has 2 unspecified atom stereocenters. The standard InChI is InChI=1S/C12H18N2/c1-8-7-14(3)12-6-10(9(2)13)4-5-11(8)12/h4-6,8-9H,7,13H2,1-3H3. The minimum Gasteiger partial charge on any atom is -0.374 e. The van der Waals surface area contributed by atoms with Crippen LogP contribution in [-0.2, 0) is 0 Å². The molecule has 0 saturated carbocycles. The maximum Gasteiger partial charge on any atom is 0.0403 e. The molecule has 2 nitrogen and oxygen atoms in total. The van der Waals surface area contributed by atoms with Crippen LogP contribution in [0.1, 0.15) is 36.9 Å². The van der Waals surface area contributed by atoms with E-state index in [1.54, 1.807) is 0 Å². The van der Waals surface area contributed by atoms with Gasteiger partial charge >= 0.3 is 0 Å². The molecule has 0 aromatic heterocycles. The van der Waals surface area contributed by atoms with Gasteiger partial charge in [-0.25, -0.2) is 0 Å². The van der Waals surface area contributed by atoms with Crippen molar-refractivity contribution in [1.29, 1.82) is 0 Å². The minimum atomic E-state index is 0.129. The zero-order valence-electron chi connectivity index (χ0n) is 9.12. The van der Waals surface area contributed by atoms with E-state index in [4.69, 9.17) is 5.73 Å². The molecular weight excluding hydrogens is 172 g/mol. The molecule has 2 heteroatoms. The molecule has 0 fully saturated rings. The van der Waals surface area contributed by atoms with Gasteiger partial charge in [0.15, 0.2) is 0 Å². The molecule has 2 atom stereocenters. The van der Waals surface area contributed by atoms with Crippen LogP contribution in [0, 0.1) is 0 Å². The lowest BCUT2D eigenvalue weighted by atomic mass is 10.00. The lowest BCUT2D eigenvalue weighted by Crippen LogP contribution is -2.14. The quantitative estimate of drug-likeness (QED) is 0.736. The van der Waals surface area contributed by atoms with E-state index in [1.807, 2.05) is 6.92 Å². The van der Waals surface area contributed by atoms with E-state index in [-0.39, 0.29) is 6.04 Å². The van der Waals surface area contributed by atoms with Crippen LogP contribution in [0.3, 0.4) is 0 Å². The lowest BCUT2D eigenvalue weighted by molar-refractivity contribution is 0.796. The third kappa shape index (κ3) is 1.40. The summed E-state index contributed by atoms with van der Waals surface area (Å²) in [6.07, 6.45) is 0. The average molecular weight is 190 g/mol. The zero-order chi connectivity index (χ0) is 10.3. The van der Waals surface area contributed by atoms with Gasteiger partial charge in [0.1, 0.15) is 0 Å². The number of nitrogens with zero attached hydrogens (tertiary/aromatic N) is 1. The highest BCUT2D eigenvalue weighted by molar-refractivity contribution is 5.61. The van der Waals surface area contributed by atoms with Gasteiger partial charge in [0, 0.05) is 31.2 Å². The summed E-state index contributed by atoms with van der Waals surface area (Å²) in [7, 11) is 2.15. The molecule has 2 N–H and O–H groups in total. The Kier molecular flexibility index (Phi) is 2.23. The fourth-order valence-corrected chi connectivity index (χ4v) is 2.20. The maximum atomic E-state index is 5.87. The number of likely N-dealkylation sites (N-methyl/N-ethyl adjacent to an activating group) is 1. The summed E-state index contributed by atoms with van der Waals surface area (Å²) in [5.74, 6) is 0.650. The van der Waals surface area contributed by atoms with Crippen molar-refractivity contribution >= 4 is 5.69 Å². The van der Waals surface area contributed by atoms with Crippen molar-refractivity contribution in [2.75, 3.05) is 18.5 Å². The van der Waals surface area contributed by atoms with Gasteiger partial charge in [0.05, 0.1) is 0 Å². The second kappa shape index (κ2) is 3.28. The van der Waals surface area contributed by atoms with Crippen LogP contribution in [0.4, 0.5) is 5.69 Å². The van der Waals surface area contributed by atoms with Crippen molar-refractivity contribution in [3.63, 3.8) is 0 Å². The van der Waals surface area contributed by atoms with Crippen molar-refractivity contribution in [3.05, 3.63) is 29.3 Å². The maximum absolute atomic E-state index is 5.87. The van der Waals surface area contributed by atoms with Crippen LogP contribution in [0.5, 0.6) is 0 Å². The molecule has 1 heterocycles. The fourth-order valence-electron chi connectivity index (χ4n) is 2.20. The Hall–Kier alpha value is -1.02. The largest absolute Gasteiger partial charge is 0.374 e. The Balaban J connectivity index is 2.45. The number of hydrogen-bond donors (Lipinski definition) is 1. The Labute approximate surface area is 85.7 Å². The second-order valence-electron chi connectivity index (χ2n) is 4.39. The van der Waals surface area contributed by atoms with E-state index in [9.17, 15) is 0 Å². The molecular formula is C12H18N2. The van der Waals surface area contributed by atoms with Crippen molar-refractivity contribution in [1.82, 2.24) is 0 Å². The highest BCUT2D eigenvalue weighted by Crippen LogP contribution is 2.36. The highest BCUT2D eigenvalue weighted by atomic mass is 15.1. The molecule has 76 valence electrons. The smallest absolute Gasteiger partial charge is 0.0403 e. The molecule has 0 bridgehead atoms. The summed E-state index contributed by atoms with van der Waals surface area (Å²) in [6, 6.07) is 6.73. The van der Waals surface area contributed by atoms with Crippen LogP contribution in [-0.4, -0.2) is 13.6 Å². The van der Waals surface area contributed by atoms with Gasteiger partial charge in [-0.1, -0.05) is 19.1 Å². The average Bonchev–Trinajstić information content (AvgIpc) is 2.42. The SMILES string of the molecule is CC(N)c1ccc2c(c1)N(C)CC2C. The van der Waals surface area contributed by atoms with Gasteiger partial charge < -0.3 is 10.6 Å². The minimum absolute atomic E-state index is 0.129. The molecule has 1 aliphatic heterocycles. The van der Waals surface area contributed by atoms with Crippen LogP contribution in [0.15, 0.2) is 18.2 Å². The van der Waals surface area contributed by atoms with Gasteiger partial charge in [-0.15, -0.1) is 0 Å². The molecule has 1 aromatic carbocycles. The van der Waals surface area contributed by atoms with Crippen LogP contribution in [0.25, 0.3) is 0 Å². The Bertz CT molecular complexity index is 344. The van der Waals surface area contributed by atoms with Gasteiger partial charge in [-0.2, -0.15) is 0 Å². The number of fused-ring (bicyclic) bond motifs is 1. The van der Waals surface area contributed by atoms with Crippen molar-refractivity contribution in [2.24, 2.45) is 5.73 Å². The number of nitrogens with two attached hydrogens (primary N) is 1. The zero-order valence-corrected chi connectivity index (χ0v) is 9.12. The van der Waals surface area contributed by atoms with Crippen molar-refractivity contribution in [3.8, 4) is 0 Å². The van der Waals surface area contributed by atoms with E-state index in [1.165, 1.54) is 16.8 Å². The van der Waals surface area contributed by atoms with Crippen LogP contribution >= 0.6 is 0 Å². The van der Waals surface area contributed by atoms with E-state index in [2.05, 4.69) is 37.1 Å². The molecule has 0 aliphatic carbocycles. The number of anilines is 1. The highest BCUT2D eigenvalue weighted by Gasteiger charge is 2.22. The summed E-state index contributed by atoms with van der Waals surface area (Å²) in [4.78, 5) is 2.31. The molecule has 1 aromatic rings. The summed E-state index contributed by atoms with van der Waals surface area (Å²) >= 11 is 0. The van der Waals surface area contributed by atoms with E-state index < -0.39 is 0 Å². The number of hydrogen-bond acceptors (Lipinski definition) is 2. The summed E-state index contributed by atoms with van der Waals surface area (Å²) in [5, 5.41) is 0. The fraction of sp³-hybridized carbons (Fsp3) is 0.500. The molecule has 0 amide bonds. The predicted octanol–water partition coefficient (Wildman–Crippen LogP) is 2.26. The number of benzene rings is 1. The third-order valence-corrected chi connectivity index (χ3v) is 3.07. The monoisotopic (exact) mass is 190 g/mol. The lowest BCUT2D eigenvalue weighted by Gasteiger charge is -2.14. The van der Waals surface area contributed by atoms with Gasteiger partial charge in [0.25, 0.3) is 0 Å². The van der Waals surface area contributed by atoms with Gasteiger partial charge in [0.2, 0.25) is 0 Å². The third-order valence-electron chi connectivity index (χ3n) is 3.07. The first-order valence-corrected chi connectivity index (χ1v) is 5.20. The Morgan fingerprint density at radius 2 is 2.21 bits per heavy atom. The molecule has 1 aliphatic rings. The molecule has 0 spiro atoms. The first-order chi connectivity index (χ1) is 6.59. The second-order valence-corrected chi connectivity index (χ2v) is 4.39. The Morgan fingerprint density at radius 1 is 1.50 bits per heavy atom. The first kappa shape index (κ1) is 9.53. The summed E-state index contributed by atoms with van der Waals surface area (Å²) in [5.41, 5.74) is 9.91. The molecule has 14 heavy (non-hydrogen) atoms. The van der Waals surface area contributed by atoms with Crippen molar-refractivity contribution < 1.29 is 0 Å².